The highest BCUT2D eigenvalue weighted by Crippen LogP contribution is 2.41. The molecule has 0 unspecified atom stereocenters. The number of allylic oxidation sites excluding steroid dienone is 1. The van der Waals surface area contributed by atoms with E-state index in [4.69, 9.17) is 0 Å². The number of amides is 1. The van der Waals surface area contributed by atoms with Crippen LogP contribution in [0.5, 0.6) is 0 Å². The topological polar surface area (TPSA) is 20.3 Å². The van der Waals surface area contributed by atoms with Gasteiger partial charge in [-0.25, -0.2) is 4.39 Å². The van der Waals surface area contributed by atoms with Crippen LogP contribution in [-0.2, 0) is 10.2 Å². The Bertz CT molecular complexity index is 787. The van der Waals surface area contributed by atoms with Crippen molar-refractivity contribution < 1.29 is 9.18 Å². The first-order chi connectivity index (χ1) is 12.4. The highest BCUT2D eigenvalue weighted by molar-refractivity contribution is 9.10. The number of rotatable bonds is 5. The van der Waals surface area contributed by atoms with Crippen LogP contribution in [0.15, 0.2) is 65.7 Å². The van der Waals surface area contributed by atoms with Gasteiger partial charge in [-0.15, -0.1) is 6.58 Å². The van der Waals surface area contributed by atoms with E-state index in [2.05, 4.69) is 29.4 Å². The molecule has 2 nitrogen and oxygen atoms in total. The van der Waals surface area contributed by atoms with Gasteiger partial charge in [0.25, 0.3) is 0 Å². The Morgan fingerprint density at radius 2 is 1.88 bits per heavy atom. The van der Waals surface area contributed by atoms with Gasteiger partial charge in [-0.2, -0.15) is 0 Å². The number of hydrogen-bond acceptors (Lipinski definition) is 1. The van der Waals surface area contributed by atoms with Crippen LogP contribution in [0.2, 0.25) is 0 Å². The average Bonchev–Trinajstić information content (AvgIpc) is 2.63. The summed E-state index contributed by atoms with van der Waals surface area (Å²) >= 11 is 3.45. The van der Waals surface area contributed by atoms with E-state index in [1.807, 2.05) is 35.2 Å². The summed E-state index contributed by atoms with van der Waals surface area (Å²) in [5.41, 5.74) is 1.85. The third kappa shape index (κ3) is 3.75. The van der Waals surface area contributed by atoms with Gasteiger partial charge in [0.2, 0.25) is 5.91 Å². The molecule has 0 saturated carbocycles. The minimum Gasteiger partial charge on any atom is -0.336 e. The SMILES string of the molecule is C=CC[C@]1(c2ccc(F)cc2)CCN([C@@H](C)c2ccc(Br)cc2)C(=O)C1. The lowest BCUT2D eigenvalue weighted by Gasteiger charge is -2.43. The molecule has 3 rings (SSSR count). The standard InChI is InChI=1S/C22H23BrFNO/c1-3-12-22(18-6-10-20(24)11-7-18)13-14-25(21(26)15-22)16(2)17-4-8-19(23)9-5-17/h3-11,16H,1,12-15H2,2H3/t16-,22-/m0/s1. The van der Waals surface area contributed by atoms with E-state index in [-0.39, 0.29) is 23.2 Å². The summed E-state index contributed by atoms with van der Waals surface area (Å²) in [4.78, 5) is 15.0. The summed E-state index contributed by atoms with van der Waals surface area (Å²) < 4.78 is 14.4. The predicted molar refractivity (Wildman–Crippen MR) is 106 cm³/mol. The maximum atomic E-state index is 13.3. The van der Waals surface area contributed by atoms with Crippen LogP contribution < -0.4 is 0 Å². The predicted octanol–water partition coefficient (Wildman–Crippen LogP) is 5.79. The molecule has 1 aliphatic rings. The second kappa shape index (κ2) is 7.75. The number of benzene rings is 2. The van der Waals surface area contributed by atoms with E-state index in [0.29, 0.717) is 19.4 Å². The van der Waals surface area contributed by atoms with Crippen molar-refractivity contribution in [2.45, 2.75) is 37.6 Å². The zero-order chi connectivity index (χ0) is 18.7. The molecule has 1 saturated heterocycles. The van der Waals surface area contributed by atoms with Gasteiger partial charge in [-0.1, -0.05) is 46.3 Å². The van der Waals surface area contributed by atoms with Gasteiger partial charge in [-0.05, 0) is 55.2 Å². The molecule has 0 spiro atoms. The molecule has 2 atom stereocenters. The van der Waals surface area contributed by atoms with E-state index in [1.54, 1.807) is 12.1 Å². The third-order valence-corrected chi connectivity index (χ3v) is 5.98. The van der Waals surface area contributed by atoms with Crippen molar-refractivity contribution in [2.75, 3.05) is 6.54 Å². The molecule has 0 radical (unpaired) electrons. The van der Waals surface area contributed by atoms with Gasteiger partial charge in [-0.3, -0.25) is 4.79 Å². The van der Waals surface area contributed by atoms with E-state index < -0.39 is 0 Å². The number of carbonyl (C=O) groups is 1. The Hall–Kier alpha value is -1.94. The zero-order valence-corrected chi connectivity index (χ0v) is 16.5. The van der Waals surface area contributed by atoms with Gasteiger partial charge in [0.05, 0.1) is 6.04 Å². The Labute approximate surface area is 162 Å². The highest BCUT2D eigenvalue weighted by Gasteiger charge is 2.40. The zero-order valence-electron chi connectivity index (χ0n) is 14.9. The molecule has 2 aromatic rings. The third-order valence-electron chi connectivity index (χ3n) is 5.45. The van der Waals surface area contributed by atoms with Crippen LogP contribution in [0.1, 0.15) is 43.4 Å². The molecule has 1 aliphatic heterocycles. The van der Waals surface area contributed by atoms with Crippen LogP contribution in [0, 0.1) is 5.82 Å². The number of halogens is 2. The largest absolute Gasteiger partial charge is 0.336 e. The lowest BCUT2D eigenvalue weighted by atomic mass is 9.70. The van der Waals surface area contributed by atoms with Crippen molar-refractivity contribution in [1.29, 1.82) is 0 Å². The van der Waals surface area contributed by atoms with Crippen LogP contribution in [0.3, 0.4) is 0 Å². The fraction of sp³-hybridized carbons (Fsp3) is 0.318. The lowest BCUT2D eigenvalue weighted by Crippen LogP contribution is -2.47. The van der Waals surface area contributed by atoms with Gasteiger partial charge in [0, 0.05) is 22.9 Å². The normalized spacial score (nSPS) is 21.5. The monoisotopic (exact) mass is 415 g/mol. The molecule has 0 N–H and O–H groups in total. The summed E-state index contributed by atoms with van der Waals surface area (Å²) in [6, 6.07) is 14.7. The summed E-state index contributed by atoms with van der Waals surface area (Å²) in [6.07, 6.45) is 3.85. The first kappa shape index (κ1) is 18.8. The fourth-order valence-electron chi connectivity index (χ4n) is 3.89. The average molecular weight is 416 g/mol. The van der Waals surface area contributed by atoms with Crippen molar-refractivity contribution >= 4 is 21.8 Å². The van der Waals surface area contributed by atoms with Crippen LogP contribution in [0.25, 0.3) is 0 Å². The van der Waals surface area contributed by atoms with Gasteiger partial charge in [0.1, 0.15) is 5.82 Å². The molecule has 26 heavy (non-hydrogen) atoms. The first-order valence-electron chi connectivity index (χ1n) is 8.87. The molecule has 0 aromatic heterocycles. The van der Waals surface area contributed by atoms with Crippen LogP contribution >= 0.6 is 15.9 Å². The summed E-state index contributed by atoms with van der Waals surface area (Å²) in [5.74, 6) is -0.118. The lowest BCUT2D eigenvalue weighted by molar-refractivity contribution is -0.138. The van der Waals surface area contributed by atoms with Crippen molar-refractivity contribution in [3.05, 3.63) is 82.6 Å². The van der Waals surface area contributed by atoms with Gasteiger partial charge in [0.15, 0.2) is 0 Å². The smallest absolute Gasteiger partial charge is 0.223 e. The van der Waals surface area contributed by atoms with Gasteiger partial charge >= 0.3 is 0 Å². The highest BCUT2D eigenvalue weighted by atomic mass is 79.9. The molecule has 1 heterocycles. The maximum Gasteiger partial charge on any atom is 0.223 e. The second-order valence-corrected chi connectivity index (χ2v) is 7.94. The molecular weight excluding hydrogens is 393 g/mol. The maximum absolute atomic E-state index is 13.3. The first-order valence-corrected chi connectivity index (χ1v) is 9.66. The van der Waals surface area contributed by atoms with E-state index in [1.165, 1.54) is 12.1 Å². The van der Waals surface area contributed by atoms with Crippen molar-refractivity contribution in [3.63, 3.8) is 0 Å². The van der Waals surface area contributed by atoms with E-state index in [0.717, 1.165) is 22.0 Å². The quantitative estimate of drug-likeness (QED) is 0.566. The number of carbonyl (C=O) groups excluding carboxylic acids is 1. The minimum absolute atomic E-state index is 0.0329. The van der Waals surface area contributed by atoms with Crippen molar-refractivity contribution in [3.8, 4) is 0 Å². The fourth-order valence-corrected chi connectivity index (χ4v) is 4.15. The number of nitrogens with zero attached hydrogens (tertiary/aromatic N) is 1. The van der Waals surface area contributed by atoms with Crippen molar-refractivity contribution in [1.82, 2.24) is 4.90 Å². The minimum atomic E-state index is -0.289. The number of piperidine rings is 1. The van der Waals surface area contributed by atoms with Gasteiger partial charge < -0.3 is 4.90 Å². The van der Waals surface area contributed by atoms with Crippen LogP contribution in [0.4, 0.5) is 4.39 Å². The number of hydrogen-bond donors (Lipinski definition) is 0. The molecule has 136 valence electrons. The molecule has 0 bridgehead atoms. The Morgan fingerprint density at radius 1 is 1.23 bits per heavy atom. The Balaban J connectivity index is 1.83. The molecule has 2 aromatic carbocycles. The Kier molecular flexibility index (Phi) is 5.61. The molecular formula is C22H23BrFNO. The molecule has 1 amide bonds. The van der Waals surface area contributed by atoms with Crippen LogP contribution in [-0.4, -0.2) is 17.4 Å². The molecule has 0 aliphatic carbocycles. The number of likely N-dealkylation sites (tertiary alicyclic amines) is 1. The summed E-state index contributed by atoms with van der Waals surface area (Å²) in [7, 11) is 0. The van der Waals surface area contributed by atoms with E-state index >= 15 is 0 Å². The summed E-state index contributed by atoms with van der Waals surface area (Å²) in [5, 5.41) is 0. The second-order valence-electron chi connectivity index (χ2n) is 7.02. The summed E-state index contributed by atoms with van der Waals surface area (Å²) in [6.45, 7) is 6.63. The molecule has 1 fully saturated rings. The Morgan fingerprint density at radius 3 is 2.46 bits per heavy atom. The molecule has 4 heteroatoms. The van der Waals surface area contributed by atoms with Crippen molar-refractivity contribution in [2.24, 2.45) is 0 Å². The van der Waals surface area contributed by atoms with E-state index in [9.17, 15) is 9.18 Å².